The Balaban J connectivity index is 0.976. The van der Waals surface area contributed by atoms with Crippen LogP contribution >= 0.6 is 11.3 Å². The first kappa shape index (κ1) is 54.7. The molecule has 408 valence electrons. The molecule has 3 N–H and O–H groups in total. The largest absolute Gasteiger partial charge is 0.615 e. The fraction of sp³-hybridized carbons (Fsp3) is 0.246. The molecule has 10 rings (SSSR count). The lowest BCUT2D eigenvalue weighted by molar-refractivity contribution is -0.179. The van der Waals surface area contributed by atoms with Gasteiger partial charge in [0.2, 0.25) is 16.4 Å². The molecule has 1 aromatic heterocycles. The van der Waals surface area contributed by atoms with Gasteiger partial charge in [0.1, 0.15) is 28.0 Å². The third kappa shape index (κ3) is 11.2. The Morgan fingerprint density at radius 3 is 1.91 bits per heavy atom. The predicted octanol–water partition coefficient (Wildman–Crippen LogP) is 8.19. The summed E-state index contributed by atoms with van der Waals surface area (Å²) in [6.45, 7) is 7.48. The van der Waals surface area contributed by atoms with E-state index >= 15 is 4.79 Å². The van der Waals surface area contributed by atoms with Crippen molar-refractivity contribution < 1.29 is 43.1 Å². The molecule has 2 fully saturated rings. The average molecular weight is 1110 g/mol. The zero-order valence-corrected chi connectivity index (χ0v) is 46.0. The summed E-state index contributed by atoms with van der Waals surface area (Å²) in [6, 6.07) is 49.0. The number of benzene rings is 6. The minimum absolute atomic E-state index is 0.0271. The molecule has 0 bridgehead atoms. The number of ether oxygens (including phenoxy) is 2. The second-order valence-corrected chi connectivity index (χ2v) is 23.6. The van der Waals surface area contributed by atoms with Crippen LogP contribution in [-0.2, 0) is 56.7 Å². The quantitative estimate of drug-likeness (QED) is 0.0195. The highest BCUT2D eigenvalue weighted by atomic mass is 32.2. The lowest BCUT2D eigenvalue weighted by atomic mass is 9.77. The topological polar surface area (TPSA) is 227 Å². The maximum Gasteiger partial charge on any atom is 0.353 e. The highest BCUT2D eigenvalue weighted by Gasteiger charge is 2.65. The lowest BCUT2D eigenvalue weighted by Crippen LogP contribution is -2.79. The fourth-order valence-electron chi connectivity index (χ4n) is 9.89. The smallest absolute Gasteiger partial charge is 0.353 e. The van der Waals surface area contributed by atoms with Gasteiger partial charge in [-0.3, -0.25) is 28.8 Å². The maximum atomic E-state index is 15.1. The van der Waals surface area contributed by atoms with Crippen LogP contribution in [0.15, 0.2) is 192 Å². The van der Waals surface area contributed by atoms with E-state index in [2.05, 4.69) is 20.9 Å². The molecule has 4 atom stereocenters. The number of hydrogen-bond acceptors (Lipinski definition) is 15. The van der Waals surface area contributed by atoms with Crippen molar-refractivity contribution in [3.05, 3.63) is 225 Å². The Morgan fingerprint density at radius 1 is 0.812 bits per heavy atom. The van der Waals surface area contributed by atoms with Gasteiger partial charge in [-0.15, -0.1) is 11.3 Å². The van der Waals surface area contributed by atoms with Gasteiger partial charge in [-0.2, -0.15) is 5.10 Å². The van der Waals surface area contributed by atoms with Gasteiger partial charge in [0.25, 0.3) is 11.8 Å². The van der Waals surface area contributed by atoms with E-state index in [0.717, 1.165) is 16.7 Å². The first-order chi connectivity index (χ1) is 38.3. The number of rotatable bonds is 17. The summed E-state index contributed by atoms with van der Waals surface area (Å²) in [5, 5.41) is 26.4. The SMILES string of the molecule is CC(C)(C)OC(=O)C(C)(C)ON=C(C(=O)NC1C(=O)N2CC(Cn3cc4cc(O)c(=O)cc-4cn3)(C(=O)OC(c3ccccc3)c3ccccc3)C[S+]([O-])[C@H]12)c1csc(NC(c2ccccc2)(c2ccccc2)c2ccccc2)n1. The lowest BCUT2D eigenvalue weighted by Gasteiger charge is -2.53. The number of hydrogen-bond donors (Lipinski definition) is 3. The Kier molecular flexibility index (Phi) is 15.2. The van der Waals surface area contributed by atoms with Crippen LogP contribution in [0.3, 0.4) is 0 Å². The molecular formula is C61H57N7O10S2. The second kappa shape index (κ2) is 22.2. The Labute approximate surface area is 468 Å². The molecule has 2 amide bonds. The summed E-state index contributed by atoms with van der Waals surface area (Å²) in [6.07, 6.45) is 2.06. The van der Waals surface area contributed by atoms with Crippen molar-refractivity contribution >= 4 is 57.1 Å². The maximum absolute atomic E-state index is 15.1. The molecule has 3 unspecified atom stereocenters. The number of carbonyl (C=O) groups excluding carboxylic acids is 4. The number of esters is 2. The van der Waals surface area contributed by atoms with Gasteiger partial charge in [0.05, 0.1) is 12.7 Å². The summed E-state index contributed by atoms with van der Waals surface area (Å²) >= 11 is -0.853. The van der Waals surface area contributed by atoms with Gasteiger partial charge in [-0.05, 0) is 85.7 Å². The molecule has 0 saturated carbocycles. The molecule has 80 heavy (non-hydrogen) atoms. The van der Waals surface area contributed by atoms with Crippen molar-refractivity contribution in [3.63, 3.8) is 0 Å². The van der Waals surface area contributed by atoms with Crippen LogP contribution in [0.1, 0.15) is 74.2 Å². The number of oxime groups is 1. The molecule has 19 heteroatoms. The van der Waals surface area contributed by atoms with Gasteiger partial charge < -0.3 is 34.6 Å². The van der Waals surface area contributed by atoms with Crippen molar-refractivity contribution in [2.45, 2.75) is 75.4 Å². The monoisotopic (exact) mass is 1110 g/mol. The van der Waals surface area contributed by atoms with E-state index in [9.17, 15) is 28.8 Å². The first-order valence-corrected chi connectivity index (χ1v) is 28.0. The predicted molar refractivity (Wildman–Crippen MR) is 303 cm³/mol. The molecule has 4 heterocycles. The number of aromatic hydroxyl groups is 1. The number of carbonyl (C=O) groups is 4. The van der Waals surface area contributed by atoms with E-state index in [1.807, 2.05) is 152 Å². The van der Waals surface area contributed by atoms with E-state index in [0.29, 0.717) is 27.4 Å². The van der Waals surface area contributed by atoms with E-state index in [-0.39, 0.29) is 24.5 Å². The minimum atomic E-state index is -2.04. The molecular weight excluding hydrogens is 1050 g/mol. The van der Waals surface area contributed by atoms with Gasteiger partial charge in [0, 0.05) is 29.2 Å². The number of aromatic nitrogens is 3. The van der Waals surface area contributed by atoms with E-state index in [1.54, 1.807) is 32.3 Å². The minimum Gasteiger partial charge on any atom is -0.615 e. The Morgan fingerprint density at radius 2 is 1.36 bits per heavy atom. The average Bonchev–Trinajstić information content (AvgIpc) is 4.02. The molecule has 17 nitrogen and oxygen atoms in total. The molecule has 0 radical (unpaired) electrons. The summed E-state index contributed by atoms with van der Waals surface area (Å²) < 4.78 is 28.4. The van der Waals surface area contributed by atoms with Crippen LogP contribution in [-0.4, -0.2) is 93.7 Å². The summed E-state index contributed by atoms with van der Waals surface area (Å²) in [5.41, 5.74) is -1.36. The molecule has 5 aromatic carbocycles. The van der Waals surface area contributed by atoms with Gasteiger partial charge in [-0.25, -0.2) is 9.78 Å². The molecule has 0 spiro atoms. The van der Waals surface area contributed by atoms with Crippen LogP contribution in [0.2, 0.25) is 0 Å². The number of phenols is 1. The first-order valence-electron chi connectivity index (χ1n) is 25.7. The third-order valence-electron chi connectivity index (χ3n) is 13.8. The standard InChI is InChI=1S/C61H57N7O10S2/c1-58(2,3)77-55(73)59(4,5)78-66-49(46-35-79-57(63-46)65-61(43-25-15-8-16-26-43,44-27-17-9-18-28-44)45-29-19-10-20-30-45)52(71)64-50-53(72)68-37-60(38-80(75)54(50)68,36-67-34-42-32-48(70)47(69)31-41(42)33-62-67)56(74)76-51(39-21-11-6-12-22-39)40-23-13-7-14-24-40/h6-35,50-51,54,70H,36-38H2,1-5H3,(H,63,65)(H,64,71)/t50?,54-,60?,80?/m1/s1. The van der Waals surface area contributed by atoms with Crippen LogP contribution in [0.4, 0.5) is 5.13 Å². The van der Waals surface area contributed by atoms with E-state index in [1.165, 1.54) is 53.1 Å². The molecule has 3 aliphatic heterocycles. The number of anilines is 1. The normalized spacial score (nSPS) is 18.4. The number of thiazole rings is 1. The van der Waals surface area contributed by atoms with Crippen molar-refractivity contribution in [2.24, 2.45) is 10.6 Å². The number of fused-ring (bicyclic) bond motifs is 2. The van der Waals surface area contributed by atoms with Crippen molar-refractivity contribution in [1.29, 1.82) is 0 Å². The Hall–Kier alpha value is -8.65. The number of amides is 2. The highest BCUT2D eigenvalue weighted by molar-refractivity contribution is 7.92. The number of β-lactam (4-membered cyclic amide) rings is 1. The van der Waals surface area contributed by atoms with Gasteiger partial charge in [0.15, 0.2) is 28.7 Å². The second-order valence-electron chi connectivity index (χ2n) is 21.2. The summed E-state index contributed by atoms with van der Waals surface area (Å²) in [4.78, 5) is 82.4. The summed E-state index contributed by atoms with van der Waals surface area (Å²) in [5.74, 6) is -3.91. The Bertz CT molecular complexity index is 3460. The number of nitrogens with one attached hydrogen (secondary N) is 2. The van der Waals surface area contributed by atoms with Crippen LogP contribution in [0, 0.1) is 5.41 Å². The van der Waals surface area contributed by atoms with E-state index in [4.69, 9.17) is 19.3 Å². The highest BCUT2D eigenvalue weighted by Crippen LogP contribution is 2.44. The zero-order valence-electron chi connectivity index (χ0n) is 44.3. The van der Waals surface area contributed by atoms with Crippen molar-refractivity contribution in [2.75, 3.05) is 17.6 Å². The molecule has 6 aromatic rings. The summed E-state index contributed by atoms with van der Waals surface area (Å²) in [7, 11) is 0. The van der Waals surface area contributed by atoms with Gasteiger partial charge >= 0.3 is 11.9 Å². The van der Waals surface area contributed by atoms with Crippen LogP contribution in [0.5, 0.6) is 5.75 Å². The van der Waals surface area contributed by atoms with Crippen molar-refractivity contribution in [3.8, 4) is 16.9 Å². The molecule has 1 aliphatic carbocycles. The number of phenolic OH excluding ortho intramolecular Hbond substituents is 1. The molecule has 2 saturated heterocycles. The fourth-order valence-corrected chi connectivity index (χ4v) is 12.6. The van der Waals surface area contributed by atoms with Crippen molar-refractivity contribution in [1.82, 2.24) is 25.0 Å². The van der Waals surface area contributed by atoms with Gasteiger partial charge in [-0.1, -0.05) is 157 Å². The number of nitrogens with zero attached hydrogens (tertiary/aromatic N) is 5. The van der Waals surface area contributed by atoms with E-state index < -0.39 is 91.5 Å². The zero-order chi connectivity index (χ0) is 56.4. The molecule has 4 aliphatic rings. The third-order valence-corrected chi connectivity index (χ3v) is 16.5. The van der Waals surface area contributed by atoms with Crippen LogP contribution < -0.4 is 16.1 Å². The van der Waals surface area contributed by atoms with Crippen LogP contribution in [0.25, 0.3) is 11.1 Å².